The first kappa shape index (κ1) is 27.6. The van der Waals surface area contributed by atoms with Gasteiger partial charge in [-0.15, -0.1) is 0 Å². The molecule has 0 unspecified atom stereocenters. The number of methoxy groups -OCH3 is 1. The molecule has 1 aliphatic carbocycles. The van der Waals surface area contributed by atoms with Gasteiger partial charge in [-0.05, 0) is 62.1 Å². The predicted molar refractivity (Wildman–Crippen MR) is 153 cm³/mol. The molecule has 2 aromatic carbocycles. The van der Waals surface area contributed by atoms with Gasteiger partial charge in [-0.3, -0.25) is 9.59 Å². The third-order valence-electron chi connectivity index (χ3n) is 7.49. The molecule has 2 heterocycles. The highest BCUT2D eigenvalue weighted by Gasteiger charge is 2.24. The van der Waals surface area contributed by atoms with E-state index in [1.807, 2.05) is 37.3 Å². The van der Waals surface area contributed by atoms with Crippen molar-refractivity contribution in [2.75, 3.05) is 38.3 Å². The lowest BCUT2D eigenvalue weighted by molar-refractivity contribution is 0.0942. The van der Waals surface area contributed by atoms with Crippen molar-refractivity contribution in [3.05, 3.63) is 59.9 Å². The molecule has 0 atom stereocenters. The van der Waals surface area contributed by atoms with Crippen LogP contribution in [-0.4, -0.2) is 60.0 Å². The van der Waals surface area contributed by atoms with Crippen molar-refractivity contribution in [2.24, 2.45) is 11.8 Å². The molecule has 0 spiro atoms. The number of amides is 1. The molecular weight excluding hydrogens is 506 g/mol. The van der Waals surface area contributed by atoms with E-state index in [1.54, 1.807) is 19.2 Å². The minimum atomic E-state index is -0.126. The smallest absolute Gasteiger partial charge is 0.251 e. The van der Waals surface area contributed by atoms with Gasteiger partial charge in [0, 0.05) is 48.8 Å². The molecule has 9 heteroatoms. The van der Waals surface area contributed by atoms with Gasteiger partial charge in [-0.1, -0.05) is 25.1 Å². The van der Waals surface area contributed by atoms with Gasteiger partial charge in [0.1, 0.15) is 17.8 Å². The Bertz CT molecular complexity index is 1330. The summed E-state index contributed by atoms with van der Waals surface area (Å²) in [7, 11) is 1.59. The molecular formula is C31H37N5O4. The van der Waals surface area contributed by atoms with Crippen molar-refractivity contribution < 1.29 is 19.1 Å². The molecule has 1 amide bonds. The molecule has 2 fully saturated rings. The van der Waals surface area contributed by atoms with Crippen molar-refractivity contribution in [3.63, 3.8) is 0 Å². The number of Topliss-reactive ketones (excluding diaryl/α,β-unsaturated/α-hetero) is 1. The van der Waals surface area contributed by atoms with Gasteiger partial charge >= 0.3 is 0 Å². The van der Waals surface area contributed by atoms with E-state index in [1.165, 1.54) is 19.2 Å². The number of carbonyl (C=O) groups is 2. The van der Waals surface area contributed by atoms with Gasteiger partial charge in [0.15, 0.2) is 11.6 Å². The van der Waals surface area contributed by atoms with Crippen molar-refractivity contribution in [1.82, 2.24) is 20.3 Å². The number of benzene rings is 2. The van der Waals surface area contributed by atoms with Crippen LogP contribution < -0.4 is 19.7 Å². The molecule has 3 aromatic rings. The first-order valence-corrected chi connectivity index (χ1v) is 14.2. The molecule has 40 heavy (non-hydrogen) atoms. The van der Waals surface area contributed by atoms with Crippen LogP contribution in [0.3, 0.4) is 0 Å². The van der Waals surface area contributed by atoms with E-state index < -0.39 is 0 Å². The van der Waals surface area contributed by atoms with Crippen LogP contribution in [-0.2, 0) is 0 Å². The van der Waals surface area contributed by atoms with E-state index in [2.05, 4.69) is 20.2 Å². The fourth-order valence-electron chi connectivity index (χ4n) is 4.86. The van der Waals surface area contributed by atoms with Gasteiger partial charge in [0.2, 0.25) is 5.95 Å². The van der Waals surface area contributed by atoms with E-state index >= 15 is 0 Å². The van der Waals surface area contributed by atoms with E-state index in [9.17, 15) is 9.59 Å². The highest BCUT2D eigenvalue weighted by Crippen LogP contribution is 2.31. The molecule has 2 aliphatic rings. The van der Waals surface area contributed by atoms with E-state index in [-0.39, 0.29) is 11.7 Å². The van der Waals surface area contributed by atoms with Gasteiger partial charge in [0.05, 0.1) is 13.7 Å². The molecule has 1 saturated carbocycles. The maximum absolute atomic E-state index is 12.9. The molecule has 0 bridgehead atoms. The Labute approximate surface area is 235 Å². The highest BCUT2D eigenvalue weighted by molar-refractivity contribution is 5.97. The number of aromatic nitrogens is 3. The first-order chi connectivity index (χ1) is 19.5. The summed E-state index contributed by atoms with van der Waals surface area (Å²) >= 11 is 0. The number of hydrogen-bond acceptors (Lipinski definition) is 8. The number of anilines is 1. The highest BCUT2D eigenvalue weighted by atomic mass is 16.5. The number of piperidine rings is 1. The first-order valence-electron chi connectivity index (χ1n) is 14.2. The van der Waals surface area contributed by atoms with Crippen molar-refractivity contribution >= 4 is 17.6 Å². The summed E-state index contributed by atoms with van der Waals surface area (Å²) in [6.07, 6.45) is 7.11. The standard InChI is InChI=1S/C31H37N5O4/c1-3-5-28(37)23-6-4-7-24(14-23)29-33-20-34-31(35-29)36-12-10-21(11-13-36)18-32-30(38)25-15-26(39-2)17-27(16-25)40-19-22-8-9-22/h4,6-7,14-17,20-22H,3,5,8-13,18-19H2,1-2H3,(H,32,38). The Hall–Kier alpha value is -4.01. The monoisotopic (exact) mass is 543 g/mol. The second-order valence-corrected chi connectivity index (χ2v) is 10.7. The van der Waals surface area contributed by atoms with Crippen LogP contribution in [0.25, 0.3) is 11.4 Å². The van der Waals surface area contributed by atoms with Gasteiger partial charge in [-0.25, -0.2) is 9.97 Å². The minimum Gasteiger partial charge on any atom is -0.497 e. The topological polar surface area (TPSA) is 107 Å². The van der Waals surface area contributed by atoms with Gasteiger partial charge < -0.3 is 19.7 Å². The van der Waals surface area contributed by atoms with Crippen LogP contribution >= 0.6 is 0 Å². The maximum atomic E-state index is 12.9. The van der Waals surface area contributed by atoms with Crippen LogP contribution in [0.5, 0.6) is 11.5 Å². The lowest BCUT2D eigenvalue weighted by Gasteiger charge is -2.32. The lowest BCUT2D eigenvalue weighted by Crippen LogP contribution is -2.39. The molecule has 210 valence electrons. The van der Waals surface area contributed by atoms with Crippen molar-refractivity contribution in [2.45, 2.75) is 45.4 Å². The molecule has 1 saturated heterocycles. The Morgan fingerprint density at radius 3 is 2.52 bits per heavy atom. The van der Waals surface area contributed by atoms with Crippen LogP contribution in [0.1, 0.15) is 66.2 Å². The number of ketones is 1. The fraction of sp³-hybridized carbons (Fsp3) is 0.452. The average Bonchev–Trinajstić information content (AvgIpc) is 3.84. The van der Waals surface area contributed by atoms with E-state index in [0.717, 1.165) is 37.9 Å². The molecule has 5 rings (SSSR count). The second-order valence-electron chi connectivity index (χ2n) is 10.7. The molecule has 0 radical (unpaired) electrons. The fourth-order valence-corrected chi connectivity index (χ4v) is 4.86. The largest absolute Gasteiger partial charge is 0.497 e. The zero-order valence-electron chi connectivity index (χ0n) is 23.3. The van der Waals surface area contributed by atoms with Crippen molar-refractivity contribution in [1.29, 1.82) is 0 Å². The molecule has 1 N–H and O–H groups in total. The Morgan fingerprint density at radius 1 is 0.975 bits per heavy atom. The minimum absolute atomic E-state index is 0.126. The summed E-state index contributed by atoms with van der Waals surface area (Å²) in [5, 5.41) is 3.10. The maximum Gasteiger partial charge on any atom is 0.251 e. The number of nitrogens with zero attached hydrogens (tertiary/aromatic N) is 4. The lowest BCUT2D eigenvalue weighted by atomic mass is 9.97. The number of hydrogen-bond donors (Lipinski definition) is 1. The van der Waals surface area contributed by atoms with Crippen molar-refractivity contribution in [3.8, 4) is 22.9 Å². The molecule has 1 aliphatic heterocycles. The van der Waals surface area contributed by atoms with Gasteiger partial charge in [-0.2, -0.15) is 4.98 Å². The second kappa shape index (κ2) is 12.9. The normalized spacial score (nSPS) is 15.5. The van der Waals surface area contributed by atoms with Crippen LogP contribution in [0.4, 0.5) is 5.95 Å². The van der Waals surface area contributed by atoms with Crippen LogP contribution in [0.15, 0.2) is 48.8 Å². The number of nitrogens with one attached hydrogen (secondary N) is 1. The SMILES string of the molecule is CCCC(=O)c1cccc(-c2ncnc(N3CCC(CNC(=O)c4cc(OC)cc(OCC5CC5)c4)CC3)n2)c1. The third kappa shape index (κ3) is 7.14. The summed E-state index contributed by atoms with van der Waals surface area (Å²) in [5.41, 5.74) is 2.03. The average molecular weight is 544 g/mol. The zero-order chi connectivity index (χ0) is 27.9. The Balaban J connectivity index is 1.15. The quantitative estimate of drug-likeness (QED) is 0.319. The summed E-state index contributed by atoms with van der Waals surface area (Å²) in [6, 6.07) is 12.8. The van der Waals surface area contributed by atoms with Crippen LogP contribution in [0, 0.1) is 11.8 Å². The summed E-state index contributed by atoms with van der Waals surface area (Å²) < 4.78 is 11.3. The molecule has 1 aromatic heterocycles. The number of ether oxygens (including phenoxy) is 2. The summed E-state index contributed by atoms with van der Waals surface area (Å²) in [4.78, 5) is 40.9. The predicted octanol–water partition coefficient (Wildman–Crippen LogP) is 4.97. The van der Waals surface area contributed by atoms with E-state index in [4.69, 9.17) is 14.5 Å². The number of carbonyl (C=O) groups excluding carboxylic acids is 2. The van der Waals surface area contributed by atoms with E-state index in [0.29, 0.717) is 65.8 Å². The van der Waals surface area contributed by atoms with Crippen LogP contribution in [0.2, 0.25) is 0 Å². The Morgan fingerprint density at radius 2 is 1.77 bits per heavy atom. The van der Waals surface area contributed by atoms with Gasteiger partial charge in [0.25, 0.3) is 5.91 Å². The Kier molecular flexibility index (Phi) is 8.88. The third-order valence-corrected chi connectivity index (χ3v) is 7.49. The molecule has 9 nitrogen and oxygen atoms in total. The zero-order valence-corrected chi connectivity index (χ0v) is 23.3. The summed E-state index contributed by atoms with van der Waals surface area (Å²) in [6.45, 7) is 4.86. The summed E-state index contributed by atoms with van der Waals surface area (Å²) in [5.74, 6) is 3.46. The number of rotatable bonds is 12.